The Bertz CT molecular complexity index is 582. The van der Waals surface area contributed by atoms with Gasteiger partial charge in [-0.1, -0.05) is 0 Å². The molecule has 0 aliphatic carbocycles. The molecule has 0 amide bonds. The zero-order chi connectivity index (χ0) is 13.8. The van der Waals surface area contributed by atoms with Crippen molar-refractivity contribution in [3.8, 4) is 11.5 Å². The van der Waals surface area contributed by atoms with Crippen molar-refractivity contribution in [3.63, 3.8) is 0 Å². The molecule has 0 atom stereocenters. The minimum Gasteiger partial charge on any atom is -0.497 e. The topological polar surface area (TPSA) is 56.5 Å². The Balaban J connectivity index is 2.29. The van der Waals surface area contributed by atoms with E-state index in [0.717, 1.165) is 34.1 Å². The summed E-state index contributed by atoms with van der Waals surface area (Å²) in [4.78, 5) is 0. The second-order valence-electron chi connectivity index (χ2n) is 4.26. The predicted octanol–water partition coefficient (Wildman–Crippen LogP) is 3.34. The molecule has 4 nitrogen and oxygen atoms in total. The number of hydrogen-bond donors (Lipinski definition) is 2. The highest BCUT2D eigenvalue weighted by atomic mass is 16.5. The van der Waals surface area contributed by atoms with Crippen molar-refractivity contribution in [2.45, 2.75) is 6.92 Å². The standard InChI is InChI=1S/C15H18N2O2/c1-10-8-11(4-6-13(10)16)17-14-7-5-12(18-2)9-15(14)19-3/h4-9,17H,16H2,1-3H3. The third kappa shape index (κ3) is 2.91. The SMILES string of the molecule is COc1ccc(Nc2ccc(N)c(C)c2)c(OC)c1. The van der Waals surface area contributed by atoms with Gasteiger partial charge in [0.2, 0.25) is 0 Å². The molecule has 100 valence electrons. The van der Waals surface area contributed by atoms with Crippen molar-refractivity contribution in [1.29, 1.82) is 0 Å². The smallest absolute Gasteiger partial charge is 0.145 e. The maximum atomic E-state index is 5.81. The monoisotopic (exact) mass is 258 g/mol. The first-order valence-corrected chi connectivity index (χ1v) is 5.99. The maximum Gasteiger partial charge on any atom is 0.145 e. The van der Waals surface area contributed by atoms with Gasteiger partial charge in [0.15, 0.2) is 0 Å². The Hall–Kier alpha value is -2.36. The lowest BCUT2D eigenvalue weighted by Gasteiger charge is -2.13. The van der Waals surface area contributed by atoms with E-state index in [2.05, 4.69) is 5.32 Å². The van der Waals surface area contributed by atoms with Crippen molar-refractivity contribution in [2.24, 2.45) is 0 Å². The lowest BCUT2D eigenvalue weighted by Crippen LogP contribution is -1.97. The van der Waals surface area contributed by atoms with Gasteiger partial charge in [-0.3, -0.25) is 0 Å². The van der Waals surface area contributed by atoms with Crippen LogP contribution in [0.4, 0.5) is 17.1 Å². The largest absolute Gasteiger partial charge is 0.497 e. The predicted molar refractivity (Wildman–Crippen MR) is 78.4 cm³/mol. The van der Waals surface area contributed by atoms with E-state index in [-0.39, 0.29) is 0 Å². The van der Waals surface area contributed by atoms with Gasteiger partial charge < -0.3 is 20.5 Å². The minimum atomic E-state index is 0.730. The molecule has 0 aliphatic rings. The molecule has 0 bridgehead atoms. The van der Waals surface area contributed by atoms with Crippen LogP contribution < -0.4 is 20.5 Å². The molecule has 19 heavy (non-hydrogen) atoms. The number of hydrogen-bond acceptors (Lipinski definition) is 4. The highest BCUT2D eigenvalue weighted by molar-refractivity contribution is 5.69. The molecule has 0 aromatic heterocycles. The lowest BCUT2D eigenvalue weighted by molar-refractivity contribution is 0.395. The van der Waals surface area contributed by atoms with Gasteiger partial charge in [-0.25, -0.2) is 0 Å². The van der Waals surface area contributed by atoms with E-state index < -0.39 is 0 Å². The van der Waals surface area contributed by atoms with Crippen LogP contribution in [0.1, 0.15) is 5.56 Å². The number of aryl methyl sites for hydroxylation is 1. The number of nitrogens with one attached hydrogen (secondary N) is 1. The first-order valence-electron chi connectivity index (χ1n) is 5.99. The molecule has 0 aliphatic heterocycles. The highest BCUT2D eigenvalue weighted by Crippen LogP contribution is 2.32. The van der Waals surface area contributed by atoms with Gasteiger partial charge in [0.1, 0.15) is 11.5 Å². The van der Waals surface area contributed by atoms with E-state index in [1.165, 1.54) is 0 Å². The molecule has 2 aromatic rings. The molecule has 0 heterocycles. The number of nitrogens with two attached hydrogens (primary N) is 1. The fourth-order valence-corrected chi connectivity index (χ4v) is 1.81. The van der Waals surface area contributed by atoms with Gasteiger partial charge in [-0.05, 0) is 42.8 Å². The van der Waals surface area contributed by atoms with Crippen LogP contribution in [0.15, 0.2) is 36.4 Å². The summed E-state index contributed by atoms with van der Waals surface area (Å²) < 4.78 is 10.5. The van der Waals surface area contributed by atoms with Gasteiger partial charge in [-0.15, -0.1) is 0 Å². The van der Waals surface area contributed by atoms with Crippen LogP contribution in [-0.4, -0.2) is 14.2 Å². The fraction of sp³-hybridized carbons (Fsp3) is 0.200. The third-order valence-electron chi connectivity index (χ3n) is 2.96. The first-order chi connectivity index (χ1) is 9.13. The number of rotatable bonds is 4. The second kappa shape index (κ2) is 5.52. The van der Waals surface area contributed by atoms with E-state index >= 15 is 0 Å². The molecule has 0 saturated heterocycles. The lowest BCUT2D eigenvalue weighted by atomic mass is 10.1. The van der Waals surface area contributed by atoms with Crippen molar-refractivity contribution >= 4 is 17.1 Å². The van der Waals surface area contributed by atoms with Gasteiger partial charge >= 0.3 is 0 Å². The molecule has 2 rings (SSSR count). The maximum absolute atomic E-state index is 5.81. The average Bonchev–Trinajstić information content (AvgIpc) is 2.43. The van der Waals surface area contributed by atoms with E-state index in [1.807, 2.05) is 43.3 Å². The molecule has 0 saturated carbocycles. The van der Waals surface area contributed by atoms with E-state index in [4.69, 9.17) is 15.2 Å². The van der Waals surface area contributed by atoms with E-state index in [9.17, 15) is 0 Å². The second-order valence-corrected chi connectivity index (χ2v) is 4.26. The van der Waals surface area contributed by atoms with Crippen LogP contribution >= 0.6 is 0 Å². The summed E-state index contributed by atoms with van der Waals surface area (Å²) in [6, 6.07) is 11.5. The van der Waals surface area contributed by atoms with Gasteiger partial charge in [0.25, 0.3) is 0 Å². The summed E-state index contributed by atoms with van der Waals surface area (Å²) >= 11 is 0. The molecule has 0 radical (unpaired) electrons. The molecule has 0 spiro atoms. The molecule has 0 unspecified atom stereocenters. The Labute approximate surface area is 113 Å². The Morgan fingerprint density at radius 1 is 1.00 bits per heavy atom. The minimum absolute atomic E-state index is 0.730. The Kier molecular flexibility index (Phi) is 3.80. The first kappa shape index (κ1) is 13.1. The quantitative estimate of drug-likeness (QED) is 0.826. The van der Waals surface area contributed by atoms with Crippen LogP contribution in [-0.2, 0) is 0 Å². The summed E-state index contributed by atoms with van der Waals surface area (Å²) in [6.07, 6.45) is 0. The van der Waals surface area contributed by atoms with Crippen molar-refractivity contribution in [2.75, 3.05) is 25.3 Å². The van der Waals surface area contributed by atoms with Crippen LogP contribution in [0.2, 0.25) is 0 Å². The normalized spacial score (nSPS) is 10.1. The molecular weight excluding hydrogens is 240 g/mol. The Morgan fingerprint density at radius 2 is 1.79 bits per heavy atom. The molecular formula is C15H18N2O2. The number of methoxy groups -OCH3 is 2. The third-order valence-corrected chi connectivity index (χ3v) is 2.96. The van der Waals surface area contributed by atoms with Crippen molar-refractivity contribution in [3.05, 3.63) is 42.0 Å². The van der Waals surface area contributed by atoms with Crippen LogP contribution in [0.5, 0.6) is 11.5 Å². The number of anilines is 3. The number of benzene rings is 2. The Morgan fingerprint density at radius 3 is 2.42 bits per heavy atom. The zero-order valence-electron chi connectivity index (χ0n) is 11.4. The number of ether oxygens (including phenoxy) is 2. The molecule has 4 heteroatoms. The molecule has 0 fully saturated rings. The highest BCUT2D eigenvalue weighted by Gasteiger charge is 2.05. The summed E-state index contributed by atoms with van der Waals surface area (Å²) in [7, 11) is 3.26. The van der Waals surface area contributed by atoms with Crippen LogP contribution in [0.3, 0.4) is 0 Å². The van der Waals surface area contributed by atoms with Crippen LogP contribution in [0, 0.1) is 6.92 Å². The zero-order valence-corrected chi connectivity index (χ0v) is 11.4. The summed E-state index contributed by atoms with van der Waals surface area (Å²) in [6.45, 7) is 1.98. The summed E-state index contributed by atoms with van der Waals surface area (Å²) in [5, 5.41) is 3.31. The average molecular weight is 258 g/mol. The summed E-state index contributed by atoms with van der Waals surface area (Å²) in [5.74, 6) is 1.49. The number of nitrogen functional groups attached to an aromatic ring is 1. The van der Waals surface area contributed by atoms with Crippen molar-refractivity contribution < 1.29 is 9.47 Å². The van der Waals surface area contributed by atoms with Crippen molar-refractivity contribution in [1.82, 2.24) is 0 Å². The van der Waals surface area contributed by atoms with E-state index in [1.54, 1.807) is 14.2 Å². The van der Waals surface area contributed by atoms with Crippen LogP contribution in [0.25, 0.3) is 0 Å². The molecule has 2 aromatic carbocycles. The van der Waals surface area contributed by atoms with Gasteiger partial charge in [-0.2, -0.15) is 0 Å². The van der Waals surface area contributed by atoms with Gasteiger partial charge in [0, 0.05) is 17.4 Å². The van der Waals surface area contributed by atoms with E-state index in [0.29, 0.717) is 0 Å². The fourth-order valence-electron chi connectivity index (χ4n) is 1.81. The van der Waals surface area contributed by atoms with Gasteiger partial charge in [0.05, 0.1) is 19.9 Å². The summed E-state index contributed by atoms with van der Waals surface area (Å²) in [5.41, 5.74) is 9.48. The molecule has 3 N–H and O–H groups in total.